The molecule has 0 radical (unpaired) electrons. The van der Waals surface area contributed by atoms with Crippen LogP contribution in [0, 0.1) is 0 Å². The Bertz CT molecular complexity index is 850. The van der Waals surface area contributed by atoms with Gasteiger partial charge in [-0.3, -0.25) is 4.79 Å². The lowest BCUT2D eigenvalue weighted by Crippen LogP contribution is -2.37. The molecule has 0 amide bonds. The molecule has 2 aromatic carbocycles. The maximum atomic E-state index is 11.4. The monoisotopic (exact) mass is 375 g/mol. The summed E-state index contributed by atoms with van der Waals surface area (Å²) in [5, 5.41) is 0.108. The largest absolute Gasteiger partial charge is 0.405 e. The van der Waals surface area contributed by atoms with Crippen molar-refractivity contribution in [3.63, 3.8) is 0 Å². The zero-order valence-corrected chi connectivity index (χ0v) is 17.5. The molecule has 3 aromatic rings. The summed E-state index contributed by atoms with van der Waals surface area (Å²) in [4.78, 5) is 16.0. The van der Waals surface area contributed by atoms with Gasteiger partial charge in [-0.15, -0.1) is 0 Å². The number of carbonyl (C=O) groups is 1. The lowest BCUT2D eigenvalue weighted by molar-refractivity contribution is 0.111. The number of pyridine rings is 1. The van der Waals surface area contributed by atoms with Gasteiger partial charge in [0.15, 0.2) is 16.0 Å². The molecule has 27 heavy (non-hydrogen) atoms. The number of nitrogens with zero attached hydrogens (tertiary/aromatic N) is 1. The van der Waals surface area contributed by atoms with E-state index < -0.39 is 15.4 Å². The molecule has 3 nitrogen and oxygen atoms in total. The third-order valence-electron chi connectivity index (χ3n) is 4.33. The Morgan fingerprint density at radius 2 is 1.37 bits per heavy atom. The maximum absolute atomic E-state index is 11.4. The van der Waals surface area contributed by atoms with Gasteiger partial charge in [-0.25, -0.2) is 4.98 Å². The Balaban J connectivity index is 2.29. The maximum Gasteiger partial charge on any atom is 0.169 e. The van der Waals surface area contributed by atoms with Crippen molar-refractivity contribution in [2.75, 3.05) is 0 Å². The van der Waals surface area contributed by atoms with E-state index in [1.54, 1.807) is 6.07 Å². The molecule has 4 heteroatoms. The molecule has 0 fully saturated rings. The molecular weight excluding hydrogens is 350 g/mol. The highest BCUT2D eigenvalue weighted by molar-refractivity contribution is 6.32. The Morgan fingerprint density at radius 3 is 1.85 bits per heavy atom. The summed E-state index contributed by atoms with van der Waals surface area (Å²) in [7, 11) is -0.933. The van der Waals surface area contributed by atoms with Crippen LogP contribution in [0.5, 0.6) is 0 Å². The number of rotatable bonds is 6. The molecular formula is C23H25NO2Si. The highest BCUT2D eigenvalue weighted by Crippen LogP contribution is 2.41. The van der Waals surface area contributed by atoms with Gasteiger partial charge < -0.3 is 4.43 Å². The molecule has 0 atom stereocenters. The Morgan fingerprint density at radius 1 is 0.815 bits per heavy atom. The third kappa shape index (κ3) is 4.23. The van der Waals surface area contributed by atoms with Gasteiger partial charge in [-0.05, 0) is 28.3 Å². The smallest absolute Gasteiger partial charge is 0.169 e. The summed E-state index contributed by atoms with van der Waals surface area (Å²) in [5.74, 6) is 0. The van der Waals surface area contributed by atoms with Crippen molar-refractivity contribution in [3.05, 3.63) is 101 Å². The quantitative estimate of drug-likeness (QED) is 0.470. The van der Waals surface area contributed by atoms with Crippen molar-refractivity contribution in [2.45, 2.75) is 31.4 Å². The summed E-state index contributed by atoms with van der Waals surface area (Å²) >= 11 is 0. The molecule has 0 aliphatic heterocycles. The zero-order valence-electron chi connectivity index (χ0n) is 16.1. The first-order valence-electron chi connectivity index (χ1n) is 9.13. The van der Waals surface area contributed by atoms with E-state index >= 15 is 0 Å². The molecule has 0 N–H and O–H groups in total. The van der Waals surface area contributed by atoms with Crippen molar-refractivity contribution >= 4 is 16.0 Å². The van der Waals surface area contributed by atoms with Crippen molar-refractivity contribution in [2.24, 2.45) is 0 Å². The second-order valence-corrected chi connectivity index (χ2v) is 10.5. The van der Waals surface area contributed by atoms with E-state index in [1.807, 2.05) is 48.5 Å². The van der Waals surface area contributed by atoms with Gasteiger partial charge in [0, 0.05) is 0 Å². The first-order valence-corrected chi connectivity index (χ1v) is 10.4. The second kappa shape index (κ2) is 7.99. The topological polar surface area (TPSA) is 39.2 Å². The summed E-state index contributed by atoms with van der Waals surface area (Å²) in [6.45, 7) is 6.61. The molecule has 0 saturated carbocycles. The summed E-state index contributed by atoms with van der Waals surface area (Å²) in [6, 6.07) is 25.9. The molecule has 3 rings (SSSR count). The zero-order chi connectivity index (χ0) is 19.3. The van der Waals surface area contributed by atoms with Crippen LogP contribution in [-0.4, -0.2) is 21.0 Å². The van der Waals surface area contributed by atoms with Gasteiger partial charge >= 0.3 is 0 Å². The van der Waals surface area contributed by atoms with Crippen molar-refractivity contribution in [1.82, 2.24) is 4.98 Å². The fraction of sp³-hybridized carbons (Fsp3) is 0.217. The second-order valence-electron chi connectivity index (χ2n) is 7.83. The van der Waals surface area contributed by atoms with Crippen molar-refractivity contribution in [3.8, 4) is 0 Å². The van der Waals surface area contributed by atoms with Crippen LogP contribution in [0.1, 0.15) is 48.1 Å². The number of aldehydes is 1. The van der Waals surface area contributed by atoms with Crippen molar-refractivity contribution in [1.29, 1.82) is 0 Å². The highest BCUT2D eigenvalue weighted by atomic mass is 28.2. The average Bonchev–Trinajstić information content (AvgIpc) is 2.69. The Hall–Kier alpha value is -2.56. The fourth-order valence-electron chi connectivity index (χ4n) is 3.09. The lowest BCUT2D eigenvalue weighted by Gasteiger charge is -2.37. The van der Waals surface area contributed by atoms with Crippen LogP contribution in [0.2, 0.25) is 5.04 Å². The number of benzene rings is 2. The van der Waals surface area contributed by atoms with E-state index in [0.29, 0.717) is 5.69 Å². The minimum absolute atomic E-state index is 0.108. The van der Waals surface area contributed by atoms with Crippen molar-refractivity contribution < 1.29 is 9.22 Å². The fourth-order valence-corrected chi connectivity index (χ4v) is 4.22. The molecule has 0 aliphatic rings. The van der Waals surface area contributed by atoms with Crippen LogP contribution in [0.15, 0.2) is 78.9 Å². The predicted octanol–water partition coefficient (Wildman–Crippen LogP) is 4.50. The van der Waals surface area contributed by atoms with Crippen LogP contribution in [0.4, 0.5) is 0 Å². The SMILES string of the molecule is CC(C)(C)[SiH2]OC(c1ccccc1)(c1ccccc1)c1cccc(C=O)n1. The standard InChI is InChI=1S/C23H25NO2Si/c1-22(2,3)27-26-23(18-11-6-4-7-12-18,19-13-8-5-9-14-19)21-16-10-15-20(17-25)24-21/h4-17H,27H2,1-3H3. The van der Waals surface area contributed by atoms with Gasteiger partial charge in [0.25, 0.3) is 0 Å². The number of carbonyl (C=O) groups excluding carboxylic acids is 1. The Kier molecular flexibility index (Phi) is 5.68. The van der Waals surface area contributed by atoms with E-state index in [1.165, 1.54) is 0 Å². The molecule has 0 bridgehead atoms. The molecule has 1 heterocycles. The van der Waals surface area contributed by atoms with Crippen LogP contribution in [-0.2, 0) is 10.0 Å². The highest BCUT2D eigenvalue weighted by Gasteiger charge is 2.39. The summed E-state index contributed by atoms with van der Waals surface area (Å²) in [5.41, 5.74) is 2.35. The molecule has 1 aromatic heterocycles. The molecule has 0 aliphatic carbocycles. The van der Waals surface area contributed by atoms with Gasteiger partial charge in [0.1, 0.15) is 11.3 Å². The van der Waals surface area contributed by atoms with Gasteiger partial charge in [0.05, 0.1) is 5.69 Å². The van der Waals surface area contributed by atoms with Crippen LogP contribution in [0.25, 0.3) is 0 Å². The molecule has 0 unspecified atom stereocenters. The first-order chi connectivity index (χ1) is 13.0. The third-order valence-corrected chi connectivity index (χ3v) is 5.78. The van der Waals surface area contributed by atoms with E-state index in [-0.39, 0.29) is 5.04 Å². The predicted molar refractivity (Wildman–Crippen MR) is 112 cm³/mol. The lowest BCUT2D eigenvalue weighted by atomic mass is 9.83. The number of hydrogen-bond acceptors (Lipinski definition) is 3. The van der Waals surface area contributed by atoms with Gasteiger partial charge in [0.2, 0.25) is 0 Å². The van der Waals surface area contributed by atoms with Gasteiger partial charge in [-0.1, -0.05) is 87.5 Å². The van der Waals surface area contributed by atoms with E-state index in [4.69, 9.17) is 4.43 Å². The molecule has 138 valence electrons. The Labute approximate surface area is 163 Å². The molecule has 0 spiro atoms. The van der Waals surface area contributed by atoms with Crippen LogP contribution in [0.3, 0.4) is 0 Å². The molecule has 0 saturated heterocycles. The summed E-state index contributed by atoms with van der Waals surface area (Å²) < 4.78 is 6.81. The van der Waals surface area contributed by atoms with Crippen LogP contribution < -0.4 is 0 Å². The minimum Gasteiger partial charge on any atom is -0.405 e. The normalized spacial score (nSPS) is 12.4. The minimum atomic E-state index is -0.933. The van der Waals surface area contributed by atoms with E-state index in [2.05, 4.69) is 50.0 Å². The number of aromatic nitrogens is 1. The first kappa shape index (κ1) is 19.2. The van der Waals surface area contributed by atoms with Gasteiger partial charge in [-0.2, -0.15) is 0 Å². The van der Waals surface area contributed by atoms with Crippen LogP contribution >= 0.6 is 0 Å². The van der Waals surface area contributed by atoms with E-state index in [0.717, 1.165) is 23.1 Å². The van der Waals surface area contributed by atoms with E-state index in [9.17, 15) is 4.79 Å². The number of hydrogen-bond donors (Lipinski definition) is 0. The average molecular weight is 376 g/mol. The summed E-state index contributed by atoms with van der Waals surface area (Å²) in [6.07, 6.45) is 0.783.